The summed E-state index contributed by atoms with van der Waals surface area (Å²) in [7, 11) is 1.36. The number of pyridine rings is 1. The highest BCUT2D eigenvalue weighted by Gasteiger charge is 2.33. The number of hydrogen-bond acceptors (Lipinski definition) is 6. The highest BCUT2D eigenvalue weighted by molar-refractivity contribution is 7.80. The molecule has 0 bridgehead atoms. The maximum absolute atomic E-state index is 12.0. The highest BCUT2D eigenvalue weighted by Crippen LogP contribution is 2.26. The van der Waals surface area contributed by atoms with Crippen LogP contribution in [0.15, 0.2) is 6.07 Å². The number of nitrogens with two attached hydrogens (primary N) is 1. The first-order valence-corrected chi connectivity index (χ1v) is 7.06. The summed E-state index contributed by atoms with van der Waals surface area (Å²) in [6, 6.07) is 1.39. The molecule has 2 N–H and O–H groups in total. The van der Waals surface area contributed by atoms with Crippen molar-refractivity contribution in [2.75, 3.05) is 31.8 Å². The number of aryl methyl sites for hydroxylation is 2. The van der Waals surface area contributed by atoms with E-state index in [2.05, 4.69) is 4.98 Å². The third-order valence-electron chi connectivity index (χ3n) is 3.45. The maximum Gasteiger partial charge on any atom is 0.330 e. The van der Waals surface area contributed by atoms with E-state index in [-0.39, 0.29) is 17.6 Å². The number of rotatable bonds is 3. The van der Waals surface area contributed by atoms with Crippen LogP contribution < -0.4 is 10.6 Å². The molecule has 0 spiro atoms. The van der Waals surface area contributed by atoms with Gasteiger partial charge in [-0.1, -0.05) is 12.2 Å². The average Bonchev–Trinajstić information content (AvgIpc) is 2.45. The maximum atomic E-state index is 12.0. The van der Waals surface area contributed by atoms with E-state index >= 15 is 0 Å². The van der Waals surface area contributed by atoms with Gasteiger partial charge in [-0.15, -0.1) is 0 Å². The summed E-state index contributed by atoms with van der Waals surface area (Å²) in [6.07, 6.45) is 0. The van der Waals surface area contributed by atoms with Crippen LogP contribution in [0, 0.1) is 13.8 Å². The Bertz CT molecular complexity index is 577. The minimum atomic E-state index is -0.537. The molecule has 1 aromatic heterocycles. The second kappa shape index (κ2) is 6.36. The molecule has 0 aliphatic carbocycles. The van der Waals surface area contributed by atoms with Gasteiger partial charge in [-0.05, 0) is 25.5 Å². The van der Waals surface area contributed by atoms with Crippen LogP contribution in [0.1, 0.15) is 16.8 Å². The highest BCUT2D eigenvalue weighted by atomic mass is 32.1. The van der Waals surface area contributed by atoms with Crippen LogP contribution in [0.5, 0.6) is 0 Å². The molecule has 6 nitrogen and oxygen atoms in total. The number of methoxy groups -OCH3 is 1. The number of esters is 1. The van der Waals surface area contributed by atoms with Gasteiger partial charge in [0, 0.05) is 12.2 Å². The Labute approximate surface area is 129 Å². The van der Waals surface area contributed by atoms with Crippen molar-refractivity contribution in [1.29, 1.82) is 0 Å². The van der Waals surface area contributed by atoms with Gasteiger partial charge in [0.05, 0.1) is 25.9 Å². The van der Waals surface area contributed by atoms with E-state index in [0.29, 0.717) is 24.5 Å². The fourth-order valence-electron chi connectivity index (χ4n) is 2.52. The topological polar surface area (TPSA) is 77.7 Å². The van der Waals surface area contributed by atoms with E-state index in [4.69, 9.17) is 27.4 Å². The number of carbonyl (C=O) groups is 1. The van der Waals surface area contributed by atoms with Crippen LogP contribution in [-0.4, -0.2) is 48.9 Å². The lowest BCUT2D eigenvalue weighted by Gasteiger charge is -2.36. The Morgan fingerprint density at radius 2 is 2.29 bits per heavy atom. The van der Waals surface area contributed by atoms with Crippen molar-refractivity contribution in [3.8, 4) is 0 Å². The molecule has 1 aliphatic rings. The first-order chi connectivity index (χ1) is 9.95. The summed E-state index contributed by atoms with van der Waals surface area (Å²) in [5.41, 5.74) is 8.33. The Morgan fingerprint density at radius 3 is 2.90 bits per heavy atom. The van der Waals surface area contributed by atoms with E-state index in [1.807, 2.05) is 24.8 Å². The first-order valence-electron chi connectivity index (χ1n) is 6.66. The van der Waals surface area contributed by atoms with E-state index in [1.54, 1.807) is 0 Å². The van der Waals surface area contributed by atoms with Crippen molar-refractivity contribution in [3.63, 3.8) is 0 Å². The molecule has 114 valence electrons. The quantitative estimate of drug-likeness (QED) is 0.651. The molecule has 1 aliphatic heterocycles. The van der Waals surface area contributed by atoms with Gasteiger partial charge >= 0.3 is 5.97 Å². The molecule has 2 rings (SSSR count). The molecule has 1 atom stereocenters. The standard InChI is InChI=1S/C14H19N3O3S/c1-8-6-9(2)16-13(11(8)12(15)21)17-4-5-20-7-10(17)14(18)19-3/h6,10H,4-5,7H2,1-3H3,(H2,15,21). The molecule has 0 amide bonds. The van der Waals surface area contributed by atoms with Gasteiger partial charge < -0.3 is 20.1 Å². The monoisotopic (exact) mass is 309 g/mol. The summed E-state index contributed by atoms with van der Waals surface area (Å²) in [5, 5.41) is 0. The number of anilines is 1. The second-order valence-corrected chi connectivity index (χ2v) is 5.39. The summed E-state index contributed by atoms with van der Waals surface area (Å²) < 4.78 is 10.2. The SMILES string of the molecule is COC(=O)C1COCCN1c1nc(C)cc(C)c1C(N)=S. The van der Waals surface area contributed by atoms with Gasteiger partial charge in [0.1, 0.15) is 10.8 Å². The van der Waals surface area contributed by atoms with Gasteiger partial charge in [0.2, 0.25) is 0 Å². The van der Waals surface area contributed by atoms with Crippen molar-refractivity contribution in [1.82, 2.24) is 4.98 Å². The molecule has 1 fully saturated rings. The zero-order chi connectivity index (χ0) is 15.6. The Morgan fingerprint density at radius 1 is 1.57 bits per heavy atom. The van der Waals surface area contributed by atoms with E-state index in [1.165, 1.54) is 7.11 Å². The third kappa shape index (κ3) is 3.14. The molecule has 1 saturated heterocycles. The minimum absolute atomic E-state index is 0.262. The molecule has 0 aromatic carbocycles. The van der Waals surface area contributed by atoms with Crippen molar-refractivity contribution >= 4 is 29.0 Å². The molecule has 21 heavy (non-hydrogen) atoms. The smallest absolute Gasteiger partial charge is 0.330 e. The number of aromatic nitrogens is 1. The van der Waals surface area contributed by atoms with Gasteiger partial charge in [0.25, 0.3) is 0 Å². The fourth-order valence-corrected chi connectivity index (χ4v) is 2.77. The van der Waals surface area contributed by atoms with Gasteiger partial charge in [-0.2, -0.15) is 0 Å². The molecule has 0 radical (unpaired) electrons. The molecule has 1 unspecified atom stereocenters. The predicted octanol–water partition coefficient (Wildman–Crippen LogP) is 0.711. The normalized spacial score (nSPS) is 18.4. The van der Waals surface area contributed by atoms with Crippen LogP contribution in [0.2, 0.25) is 0 Å². The van der Waals surface area contributed by atoms with Gasteiger partial charge in [-0.3, -0.25) is 0 Å². The zero-order valence-electron chi connectivity index (χ0n) is 12.4. The average molecular weight is 309 g/mol. The summed E-state index contributed by atoms with van der Waals surface area (Å²) in [5.74, 6) is 0.267. The Hall–Kier alpha value is -1.73. The number of thiocarbonyl (C=S) groups is 1. The number of morpholine rings is 1. The van der Waals surface area contributed by atoms with Crippen LogP contribution in [0.3, 0.4) is 0 Å². The first kappa shape index (κ1) is 15.7. The number of nitrogens with zero attached hydrogens (tertiary/aromatic N) is 2. The van der Waals surface area contributed by atoms with Crippen molar-refractivity contribution in [2.45, 2.75) is 19.9 Å². The van der Waals surface area contributed by atoms with Crippen LogP contribution in [-0.2, 0) is 14.3 Å². The van der Waals surface area contributed by atoms with Crippen LogP contribution in [0.25, 0.3) is 0 Å². The number of hydrogen-bond donors (Lipinski definition) is 1. The summed E-state index contributed by atoms with van der Waals surface area (Å²) >= 11 is 5.15. The number of carbonyl (C=O) groups excluding carboxylic acids is 1. The lowest BCUT2D eigenvalue weighted by molar-refractivity contribution is -0.144. The van der Waals surface area contributed by atoms with Gasteiger partial charge in [-0.25, -0.2) is 9.78 Å². The number of ether oxygens (including phenoxy) is 2. The molecule has 0 saturated carbocycles. The largest absolute Gasteiger partial charge is 0.467 e. The summed E-state index contributed by atoms with van der Waals surface area (Å²) in [4.78, 5) is 18.6. The van der Waals surface area contributed by atoms with Crippen LogP contribution in [0.4, 0.5) is 5.82 Å². The van der Waals surface area contributed by atoms with Gasteiger partial charge in [0.15, 0.2) is 6.04 Å². The van der Waals surface area contributed by atoms with E-state index < -0.39 is 6.04 Å². The molecular weight excluding hydrogens is 290 g/mol. The predicted molar refractivity (Wildman–Crippen MR) is 83.6 cm³/mol. The molecule has 7 heteroatoms. The van der Waals surface area contributed by atoms with Crippen LogP contribution >= 0.6 is 12.2 Å². The van der Waals surface area contributed by atoms with E-state index in [0.717, 1.165) is 11.3 Å². The zero-order valence-corrected chi connectivity index (χ0v) is 13.2. The summed E-state index contributed by atoms with van der Waals surface area (Å²) in [6.45, 7) is 5.13. The van der Waals surface area contributed by atoms with Crippen molar-refractivity contribution in [2.24, 2.45) is 5.73 Å². The molecule has 2 heterocycles. The third-order valence-corrected chi connectivity index (χ3v) is 3.65. The lowest BCUT2D eigenvalue weighted by atomic mass is 10.1. The van der Waals surface area contributed by atoms with Crippen molar-refractivity contribution < 1.29 is 14.3 Å². The molecular formula is C14H19N3O3S. The van der Waals surface area contributed by atoms with Crippen molar-refractivity contribution in [3.05, 3.63) is 22.9 Å². The van der Waals surface area contributed by atoms with E-state index in [9.17, 15) is 4.79 Å². The Balaban J connectivity index is 2.52. The molecule has 1 aromatic rings. The lowest BCUT2D eigenvalue weighted by Crippen LogP contribution is -2.51. The minimum Gasteiger partial charge on any atom is -0.467 e. The second-order valence-electron chi connectivity index (χ2n) is 4.95. The Kier molecular flexibility index (Phi) is 4.74. The fraction of sp³-hybridized carbons (Fsp3) is 0.500.